The summed E-state index contributed by atoms with van der Waals surface area (Å²) in [5.41, 5.74) is 2.30. The van der Waals surface area contributed by atoms with Crippen molar-refractivity contribution in [2.75, 3.05) is 24.7 Å². The number of Topliss-reactive ketones (excluding diaryl/α,β-unsaturated/α-hetero) is 1. The zero-order valence-electron chi connectivity index (χ0n) is 16.6. The maximum atomic E-state index is 12.4. The van der Waals surface area contributed by atoms with Crippen LogP contribution in [0, 0.1) is 6.92 Å². The molecule has 0 aromatic heterocycles. The van der Waals surface area contributed by atoms with Crippen molar-refractivity contribution in [3.05, 3.63) is 53.6 Å². The van der Waals surface area contributed by atoms with Crippen LogP contribution in [0.15, 0.2) is 47.4 Å². The molecule has 0 fully saturated rings. The number of carbonyl (C=O) groups is 2. The topological polar surface area (TPSA) is 95.6 Å². The van der Waals surface area contributed by atoms with Gasteiger partial charge in [-0.2, -0.15) is 0 Å². The Kier molecular flexibility index (Phi) is 6.58. The van der Waals surface area contributed by atoms with Crippen molar-refractivity contribution in [3.63, 3.8) is 0 Å². The molecule has 0 radical (unpaired) electrons. The van der Waals surface area contributed by atoms with Crippen LogP contribution >= 0.6 is 0 Å². The van der Waals surface area contributed by atoms with Crippen molar-refractivity contribution in [3.8, 4) is 0 Å². The lowest BCUT2D eigenvalue weighted by atomic mass is 10.1. The number of sulfonamides is 1. The number of amides is 1. The Morgan fingerprint density at radius 1 is 1.00 bits per heavy atom. The minimum Gasteiger partial charge on any atom is -0.374 e. The molecule has 2 rings (SSSR count). The summed E-state index contributed by atoms with van der Waals surface area (Å²) in [6, 6.07) is 11.0. The summed E-state index contributed by atoms with van der Waals surface area (Å²) >= 11 is 0. The van der Waals surface area contributed by atoms with E-state index in [1.165, 1.54) is 27.1 Å². The molecule has 0 heterocycles. The number of benzene rings is 2. The van der Waals surface area contributed by atoms with Crippen LogP contribution in [0.4, 0.5) is 11.4 Å². The molecule has 0 aliphatic carbocycles. The molecule has 150 valence electrons. The predicted octanol–water partition coefficient (Wildman–Crippen LogP) is 2.89. The second-order valence-electron chi connectivity index (χ2n) is 6.76. The number of aryl methyl sites for hydroxylation is 1. The van der Waals surface area contributed by atoms with Gasteiger partial charge in [0.1, 0.15) is 6.04 Å². The first kappa shape index (κ1) is 21.6. The minimum absolute atomic E-state index is 0.0456. The van der Waals surface area contributed by atoms with Gasteiger partial charge >= 0.3 is 0 Å². The molecule has 0 saturated carbocycles. The van der Waals surface area contributed by atoms with Gasteiger partial charge < -0.3 is 10.6 Å². The number of nitrogens with zero attached hydrogens (tertiary/aromatic N) is 1. The fraction of sp³-hybridized carbons (Fsp3) is 0.300. The van der Waals surface area contributed by atoms with Crippen molar-refractivity contribution in [1.29, 1.82) is 0 Å². The summed E-state index contributed by atoms with van der Waals surface area (Å²) in [4.78, 5) is 23.9. The van der Waals surface area contributed by atoms with Crippen LogP contribution < -0.4 is 10.6 Å². The van der Waals surface area contributed by atoms with Crippen LogP contribution in [-0.4, -0.2) is 44.6 Å². The predicted molar refractivity (Wildman–Crippen MR) is 110 cm³/mol. The van der Waals surface area contributed by atoms with Crippen LogP contribution in [-0.2, 0) is 14.8 Å². The zero-order valence-corrected chi connectivity index (χ0v) is 17.4. The Bertz CT molecular complexity index is 983. The number of carbonyl (C=O) groups excluding carboxylic acids is 2. The van der Waals surface area contributed by atoms with E-state index < -0.39 is 16.1 Å². The number of ketones is 1. The van der Waals surface area contributed by atoms with Gasteiger partial charge in [-0.3, -0.25) is 9.59 Å². The fourth-order valence-corrected chi connectivity index (χ4v) is 3.66. The Morgan fingerprint density at radius 3 is 2.11 bits per heavy atom. The number of hydrogen-bond acceptors (Lipinski definition) is 5. The van der Waals surface area contributed by atoms with Gasteiger partial charge in [0, 0.05) is 31.0 Å². The second-order valence-corrected chi connectivity index (χ2v) is 8.88. The normalized spacial score (nSPS) is 12.5. The van der Waals surface area contributed by atoms with Crippen LogP contribution in [0.5, 0.6) is 0 Å². The smallest absolute Gasteiger partial charge is 0.246 e. The SMILES string of the molecule is CC(=O)c1ccc(NC(=O)[C@@H](C)Nc2ccc(C)c(S(=O)(=O)N(C)C)c2)cc1. The molecular formula is C20H25N3O4S. The van der Waals surface area contributed by atoms with E-state index in [4.69, 9.17) is 0 Å². The average molecular weight is 404 g/mol. The Balaban J connectivity index is 2.12. The largest absolute Gasteiger partial charge is 0.374 e. The summed E-state index contributed by atoms with van der Waals surface area (Å²) in [6.45, 7) is 4.88. The average Bonchev–Trinajstić information content (AvgIpc) is 2.63. The molecule has 2 N–H and O–H groups in total. The molecule has 28 heavy (non-hydrogen) atoms. The Hall–Kier alpha value is -2.71. The highest BCUT2D eigenvalue weighted by Crippen LogP contribution is 2.23. The summed E-state index contributed by atoms with van der Waals surface area (Å²) < 4.78 is 26.0. The van der Waals surface area contributed by atoms with E-state index in [1.54, 1.807) is 50.2 Å². The number of rotatable bonds is 7. The van der Waals surface area contributed by atoms with Crippen molar-refractivity contribution in [2.24, 2.45) is 0 Å². The molecular weight excluding hydrogens is 378 g/mol. The monoisotopic (exact) mass is 403 g/mol. The van der Waals surface area contributed by atoms with Gasteiger partial charge in [-0.1, -0.05) is 6.07 Å². The van der Waals surface area contributed by atoms with Crippen LogP contribution in [0.2, 0.25) is 0 Å². The second kappa shape index (κ2) is 8.53. The first-order valence-corrected chi connectivity index (χ1v) is 10.2. The van der Waals surface area contributed by atoms with Crippen molar-refractivity contribution in [2.45, 2.75) is 31.7 Å². The number of hydrogen-bond donors (Lipinski definition) is 2. The van der Waals surface area contributed by atoms with Gasteiger partial charge in [0.2, 0.25) is 15.9 Å². The molecule has 2 aromatic carbocycles. The van der Waals surface area contributed by atoms with E-state index in [0.29, 0.717) is 22.5 Å². The lowest BCUT2D eigenvalue weighted by Gasteiger charge is -2.18. The molecule has 2 aromatic rings. The van der Waals surface area contributed by atoms with Crippen LogP contribution in [0.1, 0.15) is 29.8 Å². The third-order valence-electron chi connectivity index (χ3n) is 4.28. The first-order valence-electron chi connectivity index (χ1n) is 8.74. The van der Waals surface area contributed by atoms with Gasteiger partial charge in [0.15, 0.2) is 5.78 Å². The minimum atomic E-state index is -3.58. The Labute approximate surface area is 165 Å². The van der Waals surface area contributed by atoms with Gasteiger partial charge in [0.05, 0.1) is 4.90 Å². The quantitative estimate of drug-likeness (QED) is 0.693. The maximum absolute atomic E-state index is 12.4. The highest BCUT2D eigenvalue weighted by atomic mass is 32.2. The van der Waals surface area contributed by atoms with Crippen molar-refractivity contribution < 1.29 is 18.0 Å². The lowest BCUT2D eigenvalue weighted by molar-refractivity contribution is -0.116. The number of nitrogens with one attached hydrogen (secondary N) is 2. The summed E-state index contributed by atoms with van der Waals surface area (Å²) in [5, 5.41) is 5.78. The van der Waals surface area contributed by atoms with Gasteiger partial charge in [0.25, 0.3) is 0 Å². The van der Waals surface area contributed by atoms with Gasteiger partial charge in [-0.25, -0.2) is 12.7 Å². The van der Waals surface area contributed by atoms with Gasteiger partial charge in [-0.15, -0.1) is 0 Å². The highest BCUT2D eigenvalue weighted by molar-refractivity contribution is 7.89. The van der Waals surface area contributed by atoms with E-state index in [0.717, 1.165) is 4.31 Å². The molecule has 7 nitrogen and oxygen atoms in total. The van der Waals surface area contributed by atoms with Crippen LogP contribution in [0.3, 0.4) is 0 Å². The molecule has 8 heteroatoms. The third-order valence-corrected chi connectivity index (χ3v) is 6.24. The molecule has 0 unspecified atom stereocenters. The van der Waals surface area contributed by atoms with Crippen molar-refractivity contribution >= 4 is 33.1 Å². The van der Waals surface area contributed by atoms with Crippen LogP contribution in [0.25, 0.3) is 0 Å². The van der Waals surface area contributed by atoms with E-state index in [-0.39, 0.29) is 16.6 Å². The fourth-order valence-electron chi connectivity index (χ4n) is 2.52. The van der Waals surface area contributed by atoms with E-state index in [2.05, 4.69) is 10.6 Å². The summed E-state index contributed by atoms with van der Waals surface area (Å²) in [7, 11) is -0.632. The van der Waals surface area contributed by atoms with E-state index in [1.807, 2.05) is 0 Å². The highest BCUT2D eigenvalue weighted by Gasteiger charge is 2.21. The summed E-state index contributed by atoms with van der Waals surface area (Å²) in [5.74, 6) is -0.330. The molecule has 0 aliphatic rings. The van der Waals surface area contributed by atoms with E-state index in [9.17, 15) is 18.0 Å². The molecule has 0 spiro atoms. The maximum Gasteiger partial charge on any atom is 0.246 e. The third kappa shape index (κ3) is 4.96. The van der Waals surface area contributed by atoms with E-state index >= 15 is 0 Å². The Morgan fingerprint density at radius 2 is 1.57 bits per heavy atom. The molecule has 0 bridgehead atoms. The van der Waals surface area contributed by atoms with Crippen molar-refractivity contribution in [1.82, 2.24) is 4.31 Å². The lowest BCUT2D eigenvalue weighted by Crippen LogP contribution is -2.32. The first-order chi connectivity index (χ1) is 13.0. The number of anilines is 2. The summed E-state index contributed by atoms with van der Waals surface area (Å²) in [6.07, 6.45) is 0. The molecule has 0 aliphatic heterocycles. The van der Waals surface area contributed by atoms with Gasteiger partial charge in [-0.05, 0) is 62.7 Å². The molecule has 0 saturated heterocycles. The molecule has 1 atom stereocenters. The molecule has 1 amide bonds. The standard InChI is InChI=1S/C20H25N3O4S/c1-13-6-9-18(12-19(13)28(26,27)23(4)5)21-14(2)20(25)22-17-10-7-16(8-11-17)15(3)24/h6-12,14,21H,1-5H3,(H,22,25)/t14-/m1/s1. The zero-order chi connectivity index (χ0) is 21.1.